The van der Waals surface area contributed by atoms with Crippen LogP contribution in [-0.2, 0) is 19.1 Å². The number of carbonyl (C=O) groups is 4. The van der Waals surface area contributed by atoms with Gasteiger partial charge < -0.3 is 19.7 Å². The molecule has 0 saturated carbocycles. The van der Waals surface area contributed by atoms with Gasteiger partial charge in [-0.2, -0.15) is 0 Å². The van der Waals surface area contributed by atoms with Crippen molar-refractivity contribution in [2.45, 2.75) is 71.5 Å². The minimum absolute atomic E-state index is 0.148. The second-order valence-corrected chi connectivity index (χ2v) is 6.73. The number of hydrogen-bond acceptors (Lipinski definition) is 8. The summed E-state index contributed by atoms with van der Waals surface area (Å²) in [5.74, 6) is -4.50. The van der Waals surface area contributed by atoms with Gasteiger partial charge in [-0.3, -0.25) is 0 Å². The van der Waals surface area contributed by atoms with Crippen LogP contribution in [0.15, 0.2) is 18.2 Å². The van der Waals surface area contributed by atoms with E-state index in [9.17, 15) is 29.4 Å². The molecule has 0 heterocycles. The maximum atomic E-state index is 12.4. The summed E-state index contributed by atoms with van der Waals surface area (Å²) in [7, 11) is 0. The van der Waals surface area contributed by atoms with E-state index in [0.29, 0.717) is 18.4 Å². The highest BCUT2D eigenvalue weighted by molar-refractivity contribution is 6.09. The van der Waals surface area contributed by atoms with Crippen molar-refractivity contribution in [3.8, 4) is 0 Å². The van der Waals surface area contributed by atoms with Crippen molar-refractivity contribution in [1.82, 2.24) is 0 Å². The molecule has 0 saturated heterocycles. The molecule has 0 aliphatic heterocycles. The van der Waals surface area contributed by atoms with E-state index in [1.165, 1.54) is 25.1 Å². The number of carbonyl (C=O) groups excluding carboxylic acids is 4. The number of unbranched alkanes of at least 4 members (excludes halogenated alkanes) is 2. The first kappa shape index (κ1) is 24.5. The predicted octanol–water partition coefficient (Wildman–Crippen LogP) is 2.46. The molecule has 29 heavy (non-hydrogen) atoms. The lowest BCUT2D eigenvalue weighted by Gasteiger charge is -2.13. The van der Waals surface area contributed by atoms with Gasteiger partial charge in [-0.25, -0.2) is 19.2 Å². The molecular weight excluding hydrogens is 380 g/mol. The molecule has 0 fully saturated rings. The Kier molecular flexibility index (Phi) is 10.2. The molecular formula is C21H28O8. The van der Waals surface area contributed by atoms with Crippen molar-refractivity contribution in [3.05, 3.63) is 34.9 Å². The Bertz CT molecular complexity index is 740. The number of esters is 4. The Labute approximate surface area is 169 Å². The Morgan fingerprint density at radius 2 is 1.34 bits per heavy atom. The van der Waals surface area contributed by atoms with Gasteiger partial charge in [0.05, 0.1) is 11.1 Å². The Morgan fingerprint density at radius 3 is 1.83 bits per heavy atom. The fraction of sp³-hybridized carbons (Fsp3) is 0.524. The van der Waals surface area contributed by atoms with Gasteiger partial charge in [-0.05, 0) is 31.4 Å². The first-order chi connectivity index (χ1) is 13.7. The maximum Gasteiger partial charge on any atom is 0.347 e. The lowest BCUT2D eigenvalue weighted by Crippen LogP contribution is -2.29. The predicted molar refractivity (Wildman–Crippen MR) is 103 cm³/mol. The normalized spacial score (nSPS) is 12.7. The van der Waals surface area contributed by atoms with E-state index in [1.54, 1.807) is 0 Å². The number of aliphatic hydroxyl groups excluding tert-OH is 2. The Balaban J connectivity index is 2.95. The quantitative estimate of drug-likeness (QED) is 0.446. The van der Waals surface area contributed by atoms with Crippen LogP contribution in [0.2, 0.25) is 0 Å². The molecule has 1 aromatic rings. The van der Waals surface area contributed by atoms with Crippen molar-refractivity contribution in [2.24, 2.45) is 0 Å². The summed E-state index contributed by atoms with van der Waals surface area (Å²) < 4.78 is 9.38. The monoisotopic (exact) mass is 408 g/mol. The number of hydrogen-bond donors (Lipinski definition) is 2. The van der Waals surface area contributed by atoms with E-state index < -0.39 is 36.1 Å². The van der Waals surface area contributed by atoms with Crippen LogP contribution >= 0.6 is 0 Å². The molecule has 8 heteroatoms. The van der Waals surface area contributed by atoms with E-state index >= 15 is 0 Å². The highest BCUT2D eigenvalue weighted by Crippen LogP contribution is 2.18. The molecule has 1 rings (SSSR count). The third-order valence-electron chi connectivity index (χ3n) is 4.29. The molecule has 8 nitrogen and oxygen atoms in total. The first-order valence-corrected chi connectivity index (χ1v) is 9.70. The molecule has 2 unspecified atom stereocenters. The third kappa shape index (κ3) is 7.40. The zero-order valence-electron chi connectivity index (χ0n) is 17.0. The summed E-state index contributed by atoms with van der Waals surface area (Å²) in [6, 6.07) is 4.23. The molecule has 0 spiro atoms. The second-order valence-electron chi connectivity index (χ2n) is 6.73. The lowest BCUT2D eigenvalue weighted by molar-refractivity contribution is -0.149. The van der Waals surface area contributed by atoms with Crippen LogP contribution in [-0.4, -0.2) is 46.3 Å². The summed E-state index contributed by atoms with van der Waals surface area (Å²) in [6.07, 6.45) is 0.0615. The minimum Gasteiger partial charge on any atom is -0.387 e. The van der Waals surface area contributed by atoms with Gasteiger partial charge in [0.2, 0.25) is 0 Å². The number of benzene rings is 1. The van der Waals surface area contributed by atoms with Crippen LogP contribution in [0.25, 0.3) is 0 Å². The second kappa shape index (κ2) is 12.1. The fourth-order valence-corrected chi connectivity index (χ4v) is 2.56. The maximum absolute atomic E-state index is 12.4. The lowest BCUT2D eigenvalue weighted by atomic mass is 10.0. The number of ether oxygens (including phenoxy) is 2. The average Bonchev–Trinajstić information content (AvgIpc) is 2.69. The van der Waals surface area contributed by atoms with Crippen molar-refractivity contribution < 1.29 is 38.9 Å². The number of aliphatic hydroxyl groups is 2. The summed E-state index contributed by atoms with van der Waals surface area (Å²) in [5.41, 5.74) is -0.203. The van der Waals surface area contributed by atoms with Crippen molar-refractivity contribution in [1.29, 1.82) is 0 Å². The molecule has 0 bridgehead atoms. The van der Waals surface area contributed by atoms with E-state index in [4.69, 9.17) is 4.74 Å². The van der Waals surface area contributed by atoms with Crippen LogP contribution in [0.5, 0.6) is 0 Å². The molecule has 160 valence electrons. The zero-order valence-corrected chi connectivity index (χ0v) is 17.0. The van der Waals surface area contributed by atoms with Crippen LogP contribution in [0, 0.1) is 6.92 Å². The van der Waals surface area contributed by atoms with E-state index in [1.807, 2.05) is 13.8 Å². The molecule has 0 amide bonds. The van der Waals surface area contributed by atoms with Gasteiger partial charge in [0.15, 0.2) is 12.2 Å². The van der Waals surface area contributed by atoms with Crippen LogP contribution in [0.1, 0.15) is 78.7 Å². The van der Waals surface area contributed by atoms with Crippen molar-refractivity contribution in [2.75, 3.05) is 0 Å². The smallest absolute Gasteiger partial charge is 0.347 e. The van der Waals surface area contributed by atoms with Gasteiger partial charge in [0, 0.05) is 0 Å². The van der Waals surface area contributed by atoms with Crippen molar-refractivity contribution in [3.63, 3.8) is 0 Å². The van der Waals surface area contributed by atoms with Gasteiger partial charge in [0.1, 0.15) is 0 Å². The summed E-state index contributed by atoms with van der Waals surface area (Å²) in [4.78, 5) is 48.6. The SMILES string of the molecule is CCCCC(O)C(=O)OC(=O)c1cccc(C)c1C(=O)OC(=O)C(O)CCCC. The third-order valence-corrected chi connectivity index (χ3v) is 4.29. The highest BCUT2D eigenvalue weighted by Gasteiger charge is 2.28. The number of aryl methyl sites for hydroxylation is 1. The molecule has 0 aromatic heterocycles. The molecule has 0 aliphatic rings. The molecule has 0 radical (unpaired) electrons. The van der Waals surface area contributed by atoms with Gasteiger partial charge in [0.25, 0.3) is 0 Å². The Hall–Kier alpha value is -2.58. The van der Waals surface area contributed by atoms with Crippen molar-refractivity contribution >= 4 is 23.9 Å². The van der Waals surface area contributed by atoms with Gasteiger partial charge >= 0.3 is 23.9 Å². The standard InChI is InChI=1S/C21H28O8/c1-4-6-11-15(22)19(25)28-18(24)14-10-8-9-13(3)17(14)21(27)29-20(26)16(23)12-7-5-2/h8-10,15-16,22-23H,4-7,11-12H2,1-3H3. The topological polar surface area (TPSA) is 127 Å². The van der Waals surface area contributed by atoms with Crippen LogP contribution < -0.4 is 0 Å². The summed E-state index contributed by atoms with van der Waals surface area (Å²) >= 11 is 0. The summed E-state index contributed by atoms with van der Waals surface area (Å²) in [5, 5.41) is 19.5. The zero-order chi connectivity index (χ0) is 22.0. The van der Waals surface area contributed by atoms with Gasteiger partial charge in [-0.15, -0.1) is 0 Å². The average molecular weight is 408 g/mol. The van der Waals surface area contributed by atoms with E-state index in [2.05, 4.69) is 4.74 Å². The molecule has 1 aromatic carbocycles. The molecule has 2 atom stereocenters. The number of rotatable bonds is 10. The molecule has 2 N–H and O–H groups in total. The molecule has 0 aliphatic carbocycles. The highest BCUT2D eigenvalue weighted by atomic mass is 16.6. The summed E-state index contributed by atoms with van der Waals surface area (Å²) in [6.45, 7) is 5.28. The van der Waals surface area contributed by atoms with E-state index in [0.717, 1.165) is 12.8 Å². The fourth-order valence-electron chi connectivity index (χ4n) is 2.56. The first-order valence-electron chi connectivity index (χ1n) is 9.70. The minimum atomic E-state index is -1.45. The van der Waals surface area contributed by atoms with Crippen LogP contribution in [0.4, 0.5) is 0 Å². The largest absolute Gasteiger partial charge is 0.387 e. The Morgan fingerprint density at radius 1 is 0.862 bits per heavy atom. The van der Waals surface area contributed by atoms with Gasteiger partial charge in [-0.1, -0.05) is 51.7 Å². The van der Waals surface area contributed by atoms with E-state index in [-0.39, 0.29) is 24.0 Å². The van der Waals surface area contributed by atoms with Crippen LogP contribution in [0.3, 0.4) is 0 Å².